The van der Waals surface area contributed by atoms with E-state index < -0.39 is 0 Å². The second-order valence-corrected chi connectivity index (χ2v) is 4.49. The fourth-order valence-corrected chi connectivity index (χ4v) is 2.29. The van der Waals surface area contributed by atoms with Gasteiger partial charge in [-0.2, -0.15) is 0 Å². The Labute approximate surface area is 96.4 Å². The van der Waals surface area contributed by atoms with E-state index in [9.17, 15) is 0 Å². The lowest BCUT2D eigenvalue weighted by Gasteiger charge is -2.15. The molecule has 88 valence electrons. The average Bonchev–Trinajstić information content (AvgIpc) is 2.77. The highest BCUT2D eigenvalue weighted by Crippen LogP contribution is 2.33. The monoisotopic (exact) mass is 221 g/mol. The van der Waals surface area contributed by atoms with Crippen molar-refractivity contribution in [1.29, 1.82) is 0 Å². The molecule has 1 aliphatic rings. The van der Waals surface area contributed by atoms with E-state index in [0.717, 1.165) is 18.7 Å². The lowest BCUT2D eigenvalue weighted by Crippen LogP contribution is -2.15. The lowest BCUT2D eigenvalue weighted by atomic mass is 9.99. The molecule has 3 nitrogen and oxygen atoms in total. The van der Waals surface area contributed by atoms with E-state index in [1.54, 1.807) is 7.11 Å². The van der Waals surface area contributed by atoms with E-state index in [-0.39, 0.29) is 6.61 Å². The van der Waals surface area contributed by atoms with Crippen molar-refractivity contribution in [2.24, 2.45) is 5.92 Å². The van der Waals surface area contributed by atoms with Gasteiger partial charge in [0.2, 0.25) is 0 Å². The topological polar surface area (TPSA) is 41.5 Å². The van der Waals surface area contributed by atoms with Gasteiger partial charge in [-0.05, 0) is 30.9 Å². The van der Waals surface area contributed by atoms with Gasteiger partial charge in [-0.3, -0.25) is 0 Å². The largest absolute Gasteiger partial charge is 0.496 e. The van der Waals surface area contributed by atoms with E-state index in [4.69, 9.17) is 9.84 Å². The van der Waals surface area contributed by atoms with Gasteiger partial charge in [0, 0.05) is 24.8 Å². The van der Waals surface area contributed by atoms with Crippen molar-refractivity contribution in [2.45, 2.75) is 19.4 Å². The van der Waals surface area contributed by atoms with E-state index in [1.807, 2.05) is 0 Å². The van der Waals surface area contributed by atoms with Crippen LogP contribution in [0.4, 0.5) is 0 Å². The van der Waals surface area contributed by atoms with Gasteiger partial charge in [-0.15, -0.1) is 0 Å². The molecule has 1 aromatic carbocycles. The number of nitrogens with one attached hydrogen (secondary N) is 1. The van der Waals surface area contributed by atoms with Crippen LogP contribution in [0, 0.1) is 12.8 Å². The zero-order valence-electron chi connectivity index (χ0n) is 9.86. The van der Waals surface area contributed by atoms with Crippen molar-refractivity contribution in [3.63, 3.8) is 0 Å². The minimum absolute atomic E-state index is 0.262. The molecular weight excluding hydrogens is 202 g/mol. The number of aliphatic hydroxyl groups excluding tert-OH is 1. The Morgan fingerprint density at radius 1 is 1.50 bits per heavy atom. The Morgan fingerprint density at radius 3 is 2.94 bits per heavy atom. The summed E-state index contributed by atoms with van der Waals surface area (Å²) in [6, 6.07) is 6.59. The molecule has 1 aliphatic heterocycles. The molecule has 16 heavy (non-hydrogen) atoms. The van der Waals surface area contributed by atoms with Crippen molar-refractivity contribution in [1.82, 2.24) is 5.32 Å². The summed E-state index contributed by atoms with van der Waals surface area (Å²) in [4.78, 5) is 0. The molecular formula is C13H19NO2. The number of methoxy groups -OCH3 is 1. The maximum Gasteiger partial charge on any atom is 0.123 e. The second-order valence-electron chi connectivity index (χ2n) is 4.49. The Hall–Kier alpha value is -1.06. The maximum atomic E-state index is 9.13. The first-order chi connectivity index (χ1) is 7.74. The number of aryl methyl sites for hydroxylation is 1. The maximum absolute atomic E-state index is 9.13. The molecule has 0 spiro atoms. The minimum atomic E-state index is 0.262. The summed E-state index contributed by atoms with van der Waals surface area (Å²) in [6.07, 6.45) is 0.982. The highest BCUT2D eigenvalue weighted by molar-refractivity contribution is 5.39. The third-order valence-corrected chi connectivity index (χ3v) is 3.24. The minimum Gasteiger partial charge on any atom is -0.496 e. The second kappa shape index (κ2) is 4.85. The summed E-state index contributed by atoms with van der Waals surface area (Å²) in [5, 5.41) is 12.6. The van der Waals surface area contributed by atoms with Crippen molar-refractivity contribution in [3.05, 3.63) is 29.3 Å². The molecule has 2 N–H and O–H groups in total. The van der Waals surface area contributed by atoms with Crippen LogP contribution in [0.5, 0.6) is 5.75 Å². The van der Waals surface area contributed by atoms with Crippen molar-refractivity contribution >= 4 is 0 Å². The van der Waals surface area contributed by atoms with Gasteiger partial charge in [-0.1, -0.05) is 12.1 Å². The highest BCUT2D eigenvalue weighted by Gasteiger charge is 2.26. The third kappa shape index (κ3) is 2.20. The molecule has 1 heterocycles. The number of benzene rings is 1. The average molecular weight is 221 g/mol. The number of aliphatic hydroxyl groups is 1. The molecule has 3 heteroatoms. The standard InChI is InChI=1S/C13H19NO2/c1-9-3-4-11(13(5-9)16-2)12-6-10(8-15)7-14-12/h3-5,10,12,14-15H,6-8H2,1-2H3. The molecule has 0 amide bonds. The Morgan fingerprint density at radius 2 is 2.31 bits per heavy atom. The van der Waals surface area contributed by atoms with Crippen LogP contribution in [0.3, 0.4) is 0 Å². The molecule has 1 aromatic rings. The van der Waals surface area contributed by atoms with Gasteiger partial charge in [0.25, 0.3) is 0 Å². The zero-order chi connectivity index (χ0) is 11.5. The third-order valence-electron chi connectivity index (χ3n) is 3.24. The molecule has 1 fully saturated rings. The first-order valence-corrected chi connectivity index (χ1v) is 5.73. The normalized spacial score (nSPS) is 24.7. The van der Waals surface area contributed by atoms with Gasteiger partial charge in [0.1, 0.15) is 5.75 Å². The van der Waals surface area contributed by atoms with Crippen LogP contribution in [0.15, 0.2) is 18.2 Å². The SMILES string of the molecule is COc1cc(C)ccc1C1CC(CO)CN1. The predicted molar refractivity (Wildman–Crippen MR) is 63.7 cm³/mol. The lowest BCUT2D eigenvalue weighted by molar-refractivity contribution is 0.235. The Bertz CT molecular complexity index is 365. The van der Waals surface area contributed by atoms with Crippen LogP contribution < -0.4 is 10.1 Å². The van der Waals surface area contributed by atoms with Crippen molar-refractivity contribution in [2.75, 3.05) is 20.3 Å². The summed E-state index contributed by atoms with van der Waals surface area (Å²) in [5.41, 5.74) is 2.40. The smallest absolute Gasteiger partial charge is 0.123 e. The van der Waals surface area contributed by atoms with Gasteiger partial charge < -0.3 is 15.2 Å². The molecule has 0 radical (unpaired) electrons. The quantitative estimate of drug-likeness (QED) is 0.815. The van der Waals surface area contributed by atoms with E-state index in [1.165, 1.54) is 11.1 Å². The van der Waals surface area contributed by atoms with Crippen molar-refractivity contribution in [3.8, 4) is 5.75 Å². The van der Waals surface area contributed by atoms with E-state index >= 15 is 0 Å². The summed E-state index contributed by atoms with van der Waals surface area (Å²) in [6.45, 7) is 3.21. The van der Waals surface area contributed by atoms with Gasteiger partial charge in [-0.25, -0.2) is 0 Å². The zero-order valence-corrected chi connectivity index (χ0v) is 9.86. The fraction of sp³-hybridized carbons (Fsp3) is 0.538. The summed E-state index contributed by atoms with van der Waals surface area (Å²) >= 11 is 0. The molecule has 0 saturated carbocycles. The van der Waals surface area contributed by atoms with Gasteiger partial charge in [0.15, 0.2) is 0 Å². The van der Waals surface area contributed by atoms with Gasteiger partial charge >= 0.3 is 0 Å². The summed E-state index contributed by atoms with van der Waals surface area (Å²) in [5.74, 6) is 1.31. The van der Waals surface area contributed by atoms with E-state index in [2.05, 4.69) is 30.4 Å². The Balaban J connectivity index is 2.20. The number of hydrogen-bond donors (Lipinski definition) is 2. The first-order valence-electron chi connectivity index (χ1n) is 5.73. The van der Waals surface area contributed by atoms with Crippen LogP contribution in [0.25, 0.3) is 0 Å². The molecule has 0 aliphatic carbocycles. The summed E-state index contributed by atoms with van der Waals surface area (Å²) < 4.78 is 5.40. The molecule has 2 atom stereocenters. The molecule has 2 unspecified atom stereocenters. The first kappa shape index (κ1) is 11.4. The van der Waals surface area contributed by atoms with Gasteiger partial charge in [0.05, 0.1) is 7.11 Å². The predicted octanol–water partition coefficient (Wildman–Crippen LogP) is 1.65. The summed E-state index contributed by atoms with van der Waals surface area (Å²) in [7, 11) is 1.71. The molecule has 0 bridgehead atoms. The molecule has 0 aromatic heterocycles. The van der Waals surface area contributed by atoms with Crippen LogP contribution in [-0.4, -0.2) is 25.4 Å². The van der Waals surface area contributed by atoms with Crippen molar-refractivity contribution < 1.29 is 9.84 Å². The molecule has 2 rings (SSSR count). The highest BCUT2D eigenvalue weighted by atomic mass is 16.5. The van der Waals surface area contributed by atoms with Crippen LogP contribution >= 0.6 is 0 Å². The fourth-order valence-electron chi connectivity index (χ4n) is 2.29. The number of ether oxygens (including phenoxy) is 1. The van der Waals surface area contributed by atoms with Crippen LogP contribution in [0.2, 0.25) is 0 Å². The number of rotatable bonds is 3. The van der Waals surface area contributed by atoms with E-state index in [0.29, 0.717) is 12.0 Å². The Kier molecular flexibility index (Phi) is 3.46. The van der Waals surface area contributed by atoms with Crippen LogP contribution in [0.1, 0.15) is 23.6 Å². The number of hydrogen-bond acceptors (Lipinski definition) is 3. The van der Waals surface area contributed by atoms with Crippen LogP contribution in [-0.2, 0) is 0 Å². The molecule has 1 saturated heterocycles.